The third-order valence-corrected chi connectivity index (χ3v) is 2.82. The normalized spacial score (nSPS) is 20.7. The summed E-state index contributed by atoms with van der Waals surface area (Å²) in [4.78, 5) is 24.6. The smallest absolute Gasteiger partial charge is 0.223 e. The van der Waals surface area contributed by atoms with Crippen LogP contribution >= 0.6 is 0 Å². The summed E-state index contributed by atoms with van der Waals surface area (Å²) in [6, 6.07) is 0. The van der Waals surface area contributed by atoms with E-state index in [1.807, 2.05) is 31.2 Å². The number of rotatable bonds is 5. The number of Topliss-reactive ketones (excluding diaryl/α,β-unsaturated/α-hetero) is 1. The van der Waals surface area contributed by atoms with Crippen molar-refractivity contribution in [2.45, 2.75) is 20.3 Å². The van der Waals surface area contributed by atoms with Crippen LogP contribution < -0.4 is 0 Å². The molecule has 0 aromatic heterocycles. The van der Waals surface area contributed by atoms with E-state index in [0.717, 1.165) is 5.57 Å². The number of likely N-dealkylation sites (tertiary alicyclic amines) is 1. The highest BCUT2D eigenvalue weighted by Crippen LogP contribution is 2.19. The average Bonchev–Trinajstić information content (AvgIpc) is 2.61. The first-order valence-electron chi connectivity index (χ1n) is 5.80. The highest BCUT2D eigenvalue weighted by molar-refractivity contribution is 5.89. The molecule has 1 rings (SSSR count). The van der Waals surface area contributed by atoms with Gasteiger partial charge in [-0.3, -0.25) is 9.59 Å². The third-order valence-electron chi connectivity index (χ3n) is 2.82. The molecule has 0 aromatic carbocycles. The Morgan fingerprint density at radius 2 is 2.24 bits per heavy atom. The maximum absolute atomic E-state index is 11.6. The van der Waals surface area contributed by atoms with E-state index in [2.05, 4.69) is 6.58 Å². The zero-order valence-electron chi connectivity index (χ0n) is 10.5. The second kappa shape index (κ2) is 6.18. The summed E-state index contributed by atoms with van der Waals surface area (Å²) in [5.41, 5.74) is 0.876. The molecule has 0 bridgehead atoms. The van der Waals surface area contributed by atoms with Crippen LogP contribution in [0.25, 0.3) is 0 Å². The first kappa shape index (κ1) is 13.4. The number of hydrogen-bond acceptors (Lipinski definition) is 2. The monoisotopic (exact) mass is 233 g/mol. The molecule has 1 unspecified atom stereocenters. The average molecular weight is 233 g/mol. The number of hydrogen-bond donors (Lipinski definition) is 0. The molecule has 1 aliphatic heterocycles. The SMILES string of the molecule is C=C(/C=C\C=C/C)CN1CC(C(C)=O)CC1=O. The van der Waals surface area contributed by atoms with Crippen LogP contribution in [0.4, 0.5) is 0 Å². The van der Waals surface area contributed by atoms with Crippen LogP contribution in [0.2, 0.25) is 0 Å². The standard InChI is InChI=1S/C14H19NO2/c1-4-5-6-7-11(2)9-15-10-13(12(3)16)8-14(15)17/h4-7,13H,2,8-10H2,1,3H3/b5-4-,7-6-. The van der Waals surface area contributed by atoms with E-state index in [0.29, 0.717) is 19.5 Å². The molecule has 3 heteroatoms. The number of allylic oxidation sites excluding steroid dienone is 3. The van der Waals surface area contributed by atoms with E-state index in [4.69, 9.17) is 0 Å². The van der Waals surface area contributed by atoms with Crippen molar-refractivity contribution in [1.29, 1.82) is 0 Å². The van der Waals surface area contributed by atoms with Gasteiger partial charge < -0.3 is 4.90 Å². The van der Waals surface area contributed by atoms with E-state index < -0.39 is 0 Å². The topological polar surface area (TPSA) is 37.4 Å². The molecule has 1 atom stereocenters. The molecule has 1 fully saturated rings. The molecule has 0 spiro atoms. The fourth-order valence-electron chi connectivity index (χ4n) is 1.80. The molecule has 0 aliphatic carbocycles. The van der Waals surface area contributed by atoms with Crippen molar-refractivity contribution in [2.24, 2.45) is 5.92 Å². The second-order valence-electron chi connectivity index (χ2n) is 4.33. The van der Waals surface area contributed by atoms with Crippen LogP contribution in [-0.4, -0.2) is 29.7 Å². The van der Waals surface area contributed by atoms with Gasteiger partial charge in [0.25, 0.3) is 0 Å². The lowest BCUT2D eigenvalue weighted by molar-refractivity contribution is -0.128. The van der Waals surface area contributed by atoms with Crippen molar-refractivity contribution < 1.29 is 9.59 Å². The molecule has 0 N–H and O–H groups in total. The van der Waals surface area contributed by atoms with E-state index in [-0.39, 0.29) is 17.6 Å². The predicted molar refractivity (Wildman–Crippen MR) is 68.5 cm³/mol. The van der Waals surface area contributed by atoms with Gasteiger partial charge in [0.05, 0.1) is 0 Å². The Balaban J connectivity index is 2.50. The molecule has 0 radical (unpaired) electrons. The summed E-state index contributed by atoms with van der Waals surface area (Å²) < 4.78 is 0. The Morgan fingerprint density at radius 1 is 1.53 bits per heavy atom. The molecule has 17 heavy (non-hydrogen) atoms. The Kier molecular flexibility index (Phi) is 4.88. The van der Waals surface area contributed by atoms with Gasteiger partial charge in [0.2, 0.25) is 5.91 Å². The lowest BCUT2D eigenvalue weighted by atomic mass is 10.1. The van der Waals surface area contributed by atoms with Gasteiger partial charge in [0.15, 0.2) is 0 Å². The summed E-state index contributed by atoms with van der Waals surface area (Å²) in [6.07, 6.45) is 7.97. The molecule has 0 saturated carbocycles. The van der Waals surface area contributed by atoms with E-state index in [9.17, 15) is 9.59 Å². The van der Waals surface area contributed by atoms with Crippen molar-refractivity contribution in [1.82, 2.24) is 4.90 Å². The fourth-order valence-corrected chi connectivity index (χ4v) is 1.80. The molecule has 1 saturated heterocycles. The zero-order chi connectivity index (χ0) is 12.8. The number of carbonyl (C=O) groups is 2. The highest BCUT2D eigenvalue weighted by Gasteiger charge is 2.31. The van der Waals surface area contributed by atoms with Gasteiger partial charge in [-0.05, 0) is 19.4 Å². The molecule has 92 valence electrons. The molecule has 1 aliphatic rings. The minimum Gasteiger partial charge on any atom is -0.338 e. The number of nitrogens with zero attached hydrogens (tertiary/aromatic N) is 1. The van der Waals surface area contributed by atoms with E-state index in [1.54, 1.807) is 11.8 Å². The van der Waals surface area contributed by atoms with Crippen LogP contribution in [0, 0.1) is 5.92 Å². The maximum Gasteiger partial charge on any atom is 0.223 e. The van der Waals surface area contributed by atoms with Gasteiger partial charge in [0.1, 0.15) is 5.78 Å². The van der Waals surface area contributed by atoms with E-state index in [1.165, 1.54) is 0 Å². The van der Waals surface area contributed by atoms with Crippen molar-refractivity contribution in [3.63, 3.8) is 0 Å². The highest BCUT2D eigenvalue weighted by atomic mass is 16.2. The third kappa shape index (κ3) is 4.02. The largest absolute Gasteiger partial charge is 0.338 e. The second-order valence-corrected chi connectivity index (χ2v) is 4.33. The fraction of sp³-hybridized carbons (Fsp3) is 0.429. The quantitative estimate of drug-likeness (QED) is 0.682. The first-order valence-corrected chi connectivity index (χ1v) is 5.80. The van der Waals surface area contributed by atoms with Crippen molar-refractivity contribution in [3.05, 3.63) is 36.5 Å². The molecule has 3 nitrogen and oxygen atoms in total. The van der Waals surface area contributed by atoms with Gasteiger partial charge in [-0.1, -0.05) is 30.9 Å². The van der Waals surface area contributed by atoms with Gasteiger partial charge in [-0.25, -0.2) is 0 Å². The Hall–Kier alpha value is -1.64. The van der Waals surface area contributed by atoms with Gasteiger partial charge >= 0.3 is 0 Å². The predicted octanol–water partition coefficient (Wildman–Crippen LogP) is 2.11. The molecular weight excluding hydrogens is 214 g/mol. The summed E-state index contributed by atoms with van der Waals surface area (Å²) in [5, 5.41) is 0. The lowest BCUT2D eigenvalue weighted by Crippen LogP contribution is -2.27. The van der Waals surface area contributed by atoms with Gasteiger partial charge in [-0.15, -0.1) is 0 Å². The minimum atomic E-state index is -0.130. The summed E-state index contributed by atoms with van der Waals surface area (Å²) in [6.45, 7) is 8.42. The zero-order valence-corrected chi connectivity index (χ0v) is 10.5. The molecule has 1 amide bonds. The number of ketones is 1. The van der Waals surface area contributed by atoms with Crippen LogP contribution in [0.3, 0.4) is 0 Å². The number of carbonyl (C=O) groups excluding carboxylic acids is 2. The van der Waals surface area contributed by atoms with Crippen molar-refractivity contribution >= 4 is 11.7 Å². The van der Waals surface area contributed by atoms with Crippen LogP contribution in [0.15, 0.2) is 36.5 Å². The summed E-state index contributed by atoms with van der Waals surface area (Å²) in [7, 11) is 0. The Labute approximate surface area is 102 Å². The minimum absolute atomic E-state index is 0.0470. The number of amides is 1. The molecule has 0 aromatic rings. The lowest BCUT2D eigenvalue weighted by Gasteiger charge is -2.16. The van der Waals surface area contributed by atoms with Gasteiger partial charge in [0, 0.05) is 25.4 Å². The summed E-state index contributed by atoms with van der Waals surface area (Å²) in [5.74, 6) is 0.0107. The van der Waals surface area contributed by atoms with E-state index >= 15 is 0 Å². The Bertz CT molecular complexity index is 380. The van der Waals surface area contributed by atoms with Crippen molar-refractivity contribution in [2.75, 3.05) is 13.1 Å². The van der Waals surface area contributed by atoms with Gasteiger partial charge in [-0.2, -0.15) is 0 Å². The summed E-state index contributed by atoms with van der Waals surface area (Å²) >= 11 is 0. The molecular formula is C14H19NO2. The Morgan fingerprint density at radius 3 is 2.76 bits per heavy atom. The van der Waals surface area contributed by atoms with Crippen LogP contribution in [0.1, 0.15) is 20.3 Å². The maximum atomic E-state index is 11.6. The first-order chi connectivity index (χ1) is 8.04. The van der Waals surface area contributed by atoms with Crippen molar-refractivity contribution in [3.8, 4) is 0 Å². The van der Waals surface area contributed by atoms with Crippen LogP contribution in [0.5, 0.6) is 0 Å². The van der Waals surface area contributed by atoms with Crippen LogP contribution in [-0.2, 0) is 9.59 Å². The molecule has 1 heterocycles.